The van der Waals surface area contributed by atoms with Crippen LogP contribution in [0.15, 0.2) is 24.3 Å². The number of anilines is 2. The summed E-state index contributed by atoms with van der Waals surface area (Å²) in [4.78, 5) is 37.0. The van der Waals surface area contributed by atoms with Gasteiger partial charge in [-0.25, -0.2) is 4.79 Å². The number of carbonyl (C=O) groups excluding carboxylic acids is 3. The molecule has 2 amide bonds. The topological polar surface area (TPSA) is 84.5 Å². The van der Waals surface area contributed by atoms with Gasteiger partial charge in [-0.15, -0.1) is 11.3 Å². The second kappa shape index (κ2) is 8.33. The van der Waals surface area contributed by atoms with Crippen LogP contribution in [0.5, 0.6) is 0 Å². The van der Waals surface area contributed by atoms with E-state index in [1.54, 1.807) is 31.2 Å². The third kappa shape index (κ3) is 4.83. The van der Waals surface area contributed by atoms with E-state index in [0.29, 0.717) is 21.3 Å². The lowest BCUT2D eigenvalue weighted by Gasteiger charge is -2.14. The van der Waals surface area contributed by atoms with Crippen LogP contribution in [0.1, 0.15) is 34.6 Å². The molecule has 1 aromatic heterocycles. The maximum Gasteiger partial charge on any atom is 0.342 e. The van der Waals surface area contributed by atoms with E-state index in [1.165, 1.54) is 25.2 Å². The largest absolute Gasteiger partial charge is 0.449 e. The molecule has 0 aliphatic heterocycles. The van der Waals surface area contributed by atoms with Crippen LogP contribution in [-0.2, 0) is 14.3 Å². The van der Waals surface area contributed by atoms with Gasteiger partial charge >= 0.3 is 5.97 Å². The van der Waals surface area contributed by atoms with Crippen molar-refractivity contribution in [3.63, 3.8) is 0 Å². The van der Waals surface area contributed by atoms with Crippen LogP contribution in [0.25, 0.3) is 0 Å². The van der Waals surface area contributed by atoms with Gasteiger partial charge in [-0.2, -0.15) is 0 Å². The van der Waals surface area contributed by atoms with E-state index in [4.69, 9.17) is 16.3 Å². The molecular formula is C18H19ClN2O4S. The molecule has 8 heteroatoms. The zero-order valence-corrected chi connectivity index (χ0v) is 16.4. The lowest BCUT2D eigenvalue weighted by molar-refractivity contribution is -0.123. The van der Waals surface area contributed by atoms with Crippen molar-refractivity contribution < 1.29 is 19.1 Å². The maximum absolute atomic E-state index is 12.5. The zero-order valence-electron chi connectivity index (χ0n) is 14.8. The Morgan fingerprint density at radius 3 is 2.50 bits per heavy atom. The molecule has 1 atom stereocenters. The van der Waals surface area contributed by atoms with Crippen molar-refractivity contribution in [2.24, 2.45) is 0 Å². The molecule has 0 fully saturated rings. The standard InChI is InChI=1S/C18H19ClN2O4S/c1-9-11(3)26-17(20-12(4)22)15(9)18(24)25-10(2)16(23)21-14-7-5-6-13(19)8-14/h5-8,10H,1-4H3,(H,20,22)(H,21,23)/t10-/m0/s1. The molecule has 0 bridgehead atoms. The summed E-state index contributed by atoms with van der Waals surface area (Å²) >= 11 is 7.17. The molecule has 0 unspecified atom stereocenters. The second-order valence-corrected chi connectivity index (χ2v) is 7.38. The molecule has 0 saturated heterocycles. The first-order valence-electron chi connectivity index (χ1n) is 7.84. The molecule has 2 aromatic rings. The molecule has 2 N–H and O–H groups in total. The second-order valence-electron chi connectivity index (χ2n) is 5.72. The Labute approximate surface area is 160 Å². The average molecular weight is 395 g/mol. The van der Waals surface area contributed by atoms with Gasteiger partial charge in [0.1, 0.15) is 5.00 Å². The number of hydrogen-bond acceptors (Lipinski definition) is 5. The van der Waals surface area contributed by atoms with Gasteiger partial charge in [0.05, 0.1) is 5.56 Å². The van der Waals surface area contributed by atoms with Gasteiger partial charge in [-0.3, -0.25) is 9.59 Å². The van der Waals surface area contributed by atoms with Crippen LogP contribution in [-0.4, -0.2) is 23.9 Å². The first-order chi connectivity index (χ1) is 12.2. The van der Waals surface area contributed by atoms with Crippen molar-refractivity contribution >= 4 is 51.4 Å². The summed E-state index contributed by atoms with van der Waals surface area (Å²) in [6.45, 7) is 6.45. The number of halogens is 1. The summed E-state index contributed by atoms with van der Waals surface area (Å²) in [6, 6.07) is 6.66. The third-order valence-electron chi connectivity index (χ3n) is 3.62. The molecule has 1 aromatic carbocycles. The smallest absolute Gasteiger partial charge is 0.342 e. The van der Waals surface area contributed by atoms with Crippen molar-refractivity contribution in [2.75, 3.05) is 10.6 Å². The zero-order chi connectivity index (χ0) is 19.4. The van der Waals surface area contributed by atoms with Crippen molar-refractivity contribution in [2.45, 2.75) is 33.8 Å². The maximum atomic E-state index is 12.5. The van der Waals surface area contributed by atoms with Crippen LogP contribution in [0.4, 0.5) is 10.7 Å². The molecular weight excluding hydrogens is 376 g/mol. The summed E-state index contributed by atoms with van der Waals surface area (Å²) in [5.41, 5.74) is 1.49. The Morgan fingerprint density at radius 1 is 1.19 bits per heavy atom. The molecule has 0 saturated carbocycles. The molecule has 2 rings (SSSR count). The highest BCUT2D eigenvalue weighted by Gasteiger charge is 2.25. The van der Waals surface area contributed by atoms with Crippen molar-refractivity contribution in [1.82, 2.24) is 0 Å². The number of ether oxygens (including phenoxy) is 1. The first-order valence-corrected chi connectivity index (χ1v) is 9.03. The minimum Gasteiger partial charge on any atom is -0.449 e. The Morgan fingerprint density at radius 2 is 1.88 bits per heavy atom. The number of rotatable bonds is 5. The molecule has 1 heterocycles. The molecule has 26 heavy (non-hydrogen) atoms. The fraction of sp³-hybridized carbons (Fsp3) is 0.278. The fourth-order valence-corrected chi connectivity index (χ4v) is 3.49. The normalized spacial score (nSPS) is 11.6. The number of nitrogens with one attached hydrogen (secondary N) is 2. The average Bonchev–Trinajstić information content (AvgIpc) is 2.80. The van der Waals surface area contributed by atoms with Crippen molar-refractivity contribution in [3.8, 4) is 0 Å². The van der Waals surface area contributed by atoms with Gasteiger partial charge in [0.2, 0.25) is 5.91 Å². The fourth-order valence-electron chi connectivity index (χ4n) is 2.20. The Bertz CT molecular complexity index is 863. The minimum atomic E-state index is -1.02. The Hall–Kier alpha value is -2.38. The number of carbonyl (C=O) groups is 3. The number of benzene rings is 1. The molecule has 6 nitrogen and oxygen atoms in total. The van der Waals surface area contributed by atoms with E-state index in [-0.39, 0.29) is 11.5 Å². The van der Waals surface area contributed by atoms with Crippen LogP contribution < -0.4 is 10.6 Å². The minimum absolute atomic E-state index is 0.269. The predicted molar refractivity (Wildman–Crippen MR) is 103 cm³/mol. The third-order valence-corrected chi connectivity index (χ3v) is 4.98. The lowest BCUT2D eigenvalue weighted by Crippen LogP contribution is -2.30. The number of aryl methyl sites for hydroxylation is 1. The number of hydrogen-bond donors (Lipinski definition) is 2. The van der Waals surface area contributed by atoms with Crippen LogP contribution >= 0.6 is 22.9 Å². The Balaban J connectivity index is 2.11. The number of esters is 1. The highest BCUT2D eigenvalue weighted by Crippen LogP contribution is 2.33. The van der Waals surface area contributed by atoms with E-state index in [9.17, 15) is 14.4 Å². The summed E-state index contributed by atoms with van der Waals surface area (Å²) in [5, 5.41) is 6.17. The Kier molecular flexibility index (Phi) is 6.39. The predicted octanol–water partition coefficient (Wildman–Crippen LogP) is 4.16. The van der Waals surface area contributed by atoms with E-state index in [0.717, 1.165) is 4.88 Å². The summed E-state index contributed by atoms with van der Waals surface area (Å²) in [6.07, 6.45) is -1.02. The highest BCUT2D eigenvalue weighted by molar-refractivity contribution is 7.16. The van der Waals surface area contributed by atoms with E-state index < -0.39 is 18.0 Å². The number of thiophene rings is 1. The van der Waals surface area contributed by atoms with Crippen LogP contribution in [0.2, 0.25) is 5.02 Å². The number of amides is 2. The quantitative estimate of drug-likeness (QED) is 0.745. The molecule has 0 aliphatic rings. The molecule has 0 aliphatic carbocycles. The van der Waals surface area contributed by atoms with Crippen LogP contribution in [0.3, 0.4) is 0 Å². The van der Waals surface area contributed by atoms with Gasteiger partial charge in [0.15, 0.2) is 6.10 Å². The SMILES string of the molecule is CC(=O)Nc1sc(C)c(C)c1C(=O)O[C@@H](C)C(=O)Nc1cccc(Cl)c1. The monoisotopic (exact) mass is 394 g/mol. The highest BCUT2D eigenvalue weighted by atomic mass is 35.5. The van der Waals surface area contributed by atoms with E-state index >= 15 is 0 Å². The van der Waals surface area contributed by atoms with Crippen molar-refractivity contribution in [3.05, 3.63) is 45.3 Å². The van der Waals surface area contributed by atoms with E-state index in [2.05, 4.69) is 10.6 Å². The molecule has 0 spiro atoms. The van der Waals surface area contributed by atoms with E-state index in [1.807, 2.05) is 6.92 Å². The van der Waals surface area contributed by atoms with Gasteiger partial charge < -0.3 is 15.4 Å². The van der Waals surface area contributed by atoms with Crippen LogP contribution in [0, 0.1) is 13.8 Å². The molecule has 0 radical (unpaired) electrons. The van der Waals surface area contributed by atoms with Gasteiger partial charge in [0, 0.05) is 22.5 Å². The van der Waals surface area contributed by atoms with Gasteiger partial charge in [0.25, 0.3) is 5.91 Å². The first kappa shape index (κ1) is 19.9. The summed E-state index contributed by atoms with van der Waals surface area (Å²) < 4.78 is 5.29. The van der Waals surface area contributed by atoms with Gasteiger partial charge in [-0.05, 0) is 44.5 Å². The van der Waals surface area contributed by atoms with Crippen molar-refractivity contribution in [1.29, 1.82) is 0 Å². The summed E-state index contributed by atoms with van der Waals surface area (Å²) in [5.74, 6) is -1.43. The lowest BCUT2D eigenvalue weighted by atomic mass is 10.1. The molecule has 138 valence electrons. The summed E-state index contributed by atoms with van der Waals surface area (Å²) in [7, 11) is 0. The van der Waals surface area contributed by atoms with Gasteiger partial charge in [-0.1, -0.05) is 17.7 Å².